The van der Waals surface area contributed by atoms with E-state index in [1.807, 2.05) is 30.5 Å². The molecule has 0 aliphatic heterocycles. The van der Waals surface area contributed by atoms with E-state index in [2.05, 4.69) is 15.2 Å². The SMILES string of the molecule is COC(=O)/C=C/CNC(=O)c1ccccc1-n1ccc(C2CC2)n1. The first-order valence-corrected chi connectivity index (χ1v) is 7.86. The van der Waals surface area contributed by atoms with Gasteiger partial charge in [0.2, 0.25) is 0 Å². The fourth-order valence-electron chi connectivity index (χ4n) is 2.40. The second kappa shape index (κ2) is 7.12. The summed E-state index contributed by atoms with van der Waals surface area (Å²) in [7, 11) is 1.31. The van der Waals surface area contributed by atoms with Crippen molar-refractivity contribution in [1.29, 1.82) is 0 Å². The number of hydrogen-bond acceptors (Lipinski definition) is 4. The first-order valence-electron chi connectivity index (χ1n) is 7.86. The number of carbonyl (C=O) groups is 2. The highest BCUT2D eigenvalue weighted by atomic mass is 16.5. The number of rotatable bonds is 6. The maximum absolute atomic E-state index is 12.4. The van der Waals surface area contributed by atoms with Crippen molar-refractivity contribution in [3.63, 3.8) is 0 Å². The van der Waals surface area contributed by atoms with Crippen LogP contribution in [-0.4, -0.2) is 35.3 Å². The molecule has 1 heterocycles. The van der Waals surface area contributed by atoms with Crippen LogP contribution in [0.2, 0.25) is 0 Å². The van der Waals surface area contributed by atoms with Gasteiger partial charge in [-0.2, -0.15) is 5.10 Å². The lowest BCUT2D eigenvalue weighted by Gasteiger charge is -2.09. The van der Waals surface area contributed by atoms with Crippen molar-refractivity contribution < 1.29 is 14.3 Å². The number of benzene rings is 1. The van der Waals surface area contributed by atoms with Crippen LogP contribution in [0.25, 0.3) is 5.69 Å². The molecule has 6 heteroatoms. The number of aromatic nitrogens is 2. The summed E-state index contributed by atoms with van der Waals surface area (Å²) in [6.07, 6.45) is 7.08. The van der Waals surface area contributed by atoms with Gasteiger partial charge in [0.25, 0.3) is 5.91 Å². The number of hydrogen-bond donors (Lipinski definition) is 1. The van der Waals surface area contributed by atoms with Crippen molar-refractivity contribution in [3.05, 3.63) is 59.9 Å². The smallest absolute Gasteiger partial charge is 0.330 e. The second-order valence-electron chi connectivity index (χ2n) is 5.61. The minimum atomic E-state index is -0.450. The molecule has 1 aromatic carbocycles. The van der Waals surface area contributed by atoms with E-state index in [0.717, 1.165) is 11.4 Å². The van der Waals surface area contributed by atoms with Crippen LogP contribution in [0.3, 0.4) is 0 Å². The Hall–Kier alpha value is -2.89. The van der Waals surface area contributed by atoms with Crippen LogP contribution < -0.4 is 5.32 Å². The molecule has 2 aromatic rings. The van der Waals surface area contributed by atoms with Gasteiger partial charge in [-0.15, -0.1) is 0 Å². The highest BCUT2D eigenvalue weighted by Crippen LogP contribution is 2.39. The number of esters is 1. The summed E-state index contributed by atoms with van der Waals surface area (Å²) in [5.41, 5.74) is 2.35. The van der Waals surface area contributed by atoms with Crippen LogP contribution in [0.4, 0.5) is 0 Å². The van der Waals surface area contributed by atoms with Gasteiger partial charge in [-0.3, -0.25) is 4.79 Å². The molecule has 1 amide bonds. The molecular weight excluding hydrogens is 306 g/mol. The largest absolute Gasteiger partial charge is 0.466 e. The average Bonchev–Trinajstić information content (AvgIpc) is 3.35. The van der Waals surface area contributed by atoms with Gasteiger partial charge < -0.3 is 10.1 Å². The lowest BCUT2D eigenvalue weighted by molar-refractivity contribution is -0.134. The fraction of sp³-hybridized carbons (Fsp3) is 0.278. The zero-order chi connectivity index (χ0) is 16.9. The Balaban J connectivity index is 1.72. The molecule has 6 nitrogen and oxygen atoms in total. The highest BCUT2D eigenvalue weighted by molar-refractivity contribution is 5.97. The van der Waals surface area contributed by atoms with Crippen LogP contribution in [0, 0.1) is 0 Å². The number of ether oxygens (including phenoxy) is 1. The van der Waals surface area contributed by atoms with Gasteiger partial charge in [-0.05, 0) is 31.0 Å². The maximum Gasteiger partial charge on any atom is 0.330 e. The zero-order valence-corrected chi connectivity index (χ0v) is 13.4. The number of carbonyl (C=O) groups excluding carboxylic acids is 2. The first-order chi connectivity index (χ1) is 11.7. The van der Waals surface area contributed by atoms with Crippen molar-refractivity contribution in [2.45, 2.75) is 18.8 Å². The van der Waals surface area contributed by atoms with Crippen molar-refractivity contribution >= 4 is 11.9 Å². The van der Waals surface area contributed by atoms with Gasteiger partial charge in [-0.25, -0.2) is 9.48 Å². The summed E-state index contributed by atoms with van der Waals surface area (Å²) in [6.45, 7) is 0.245. The fourth-order valence-corrected chi connectivity index (χ4v) is 2.40. The predicted molar refractivity (Wildman–Crippen MR) is 89.0 cm³/mol. The van der Waals surface area contributed by atoms with Gasteiger partial charge in [0, 0.05) is 24.7 Å². The standard InChI is InChI=1S/C18H19N3O3/c1-24-17(22)7-4-11-19-18(23)14-5-2-3-6-16(14)21-12-10-15(20-21)13-8-9-13/h2-7,10,12-13H,8-9,11H2,1H3,(H,19,23)/b7-4+. The van der Waals surface area contributed by atoms with Gasteiger partial charge in [0.05, 0.1) is 24.1 Å². The lowest BCUT2D eigenvalue weighted by atomic mass is 10.1. The molecule has 1 fully saturated rings. The molecule has 1 aromatic heterocycles. The zero-order valence-electron chi connectivity index (χ0n) is 13.4. The van der Waals surface area contributed by atoms with Gasteiger partial charge >= 0.3 is 5.97 Å². The van der Waals surface area contributed by atoms with Crippen LogP contribution >= 0.6 is 0 Å². The Morgan fingerprint density at radius 1 is 1.33 bits per heavy atom. The second-order valence-corrected chi connectivity index (χ2v) is 5.61. The maximum atomic E-state index is 12.4. The monoisotopic (exact) mass is 325 g/mol. The third kappa shape index (κ3) is 3.71. The van der Waals surface area contributed by atoms with E-state index < -0.39 is 5.97 Å². The van der Waals surface area contributed by atoms with E-state index in [1.54, 1.807) is 16.8 Å². The molecule has 124 valence electrons. The van der Waals surface area contributed by atoms with Crippen LogP contribution in [0.1, 0.15) is 34.8 Å². The van der Waals surface area contributed by atoms with E-state index in [4.69, 9.17) is 0 Å². The van der Waals surface area contributed by atoms with E-state index in [9.17, 15) is 9.59 Å². The number of nitrogens with one attached hydrogen (secondary N) is 1. The third-order valence-electron chi connectivity index (χ3n) is 3.84. The molecule has 0 radical (unpaired) electrons. The molecule has 3 rings (SSSR count). The summed E-state index contributed by atoms with van der Waals surface area (Å²) in [5.74, 6) is -0.104. The molecule has 0 spiro atoms. The molecule has 1 N–H and O–H groups in total. The minimum Gasteiger partial charge on any atom is -0.466 e. The van der Waals surface area contributed by atoms with Gasteiger partial charge in [0.1, 0.15) is 0 Å². The van der Waals surface area contributed by atoms with Crippen LogP contribution in [-0.2, 0) is 9.53 Å². The van der Waals surface area contributed by atoms with Crippen LogP contribution in [0.5, 0.6) is 0 Å². The number of para-hydroxylation sites is 1. The summed E-state index contributed by atoms with van der Waals surface area (Å²) in [4.78, 5) is 23.4. The predicted octanol–water partition coefficient (Wildman–Crippen LogP) is 2.21. The van der Waals surface area contributed by atoms with Gasteiger partial charge in [-0.1, -0.05) is 18.2 Å². The summed E-state index contributed by atoms with van der Waals surface area (Å²) >= 11 is 0. The summed E-state index contributed by atoms with van der Waals surface area (Å²) < 4.78 is 6.24. The van der Waals surface area contributed by atoms with E-state index in [1.165, 1.54) is 26.0 Å². The Morgan fingerprint density at radius 3 is 2.88 bits per heavy atom. The molecule has 0 bridgehead atoms. The topological polar surface area (TPSA) is 73.2 Å². The molecule has 0 atom stereocenters. The minimum absolute atomic E-state index is 0.219. The van der Waals surface area contributed by atoms with Crippen LogP contribution in [0.15, 0.2) is 48.7 Å². The van der Waals surface area contributed by atoms with Gasteiger partial charge in [0.15, 0.2) is 0 Å². The normalized spacial score (nSPS) is 13.9. The summed E-state index contributed by atoms with van der Waals surface area (Å²) in [5, 5.41) is 7.33. The van der Waals surface area contributed by atoms with E-state index in [-0.39, 0.29) is 12.5 Å². The van der Waals surface area contributed by atoms with Crippen molar-refractivity contribution in [3.8, 4) is 5.69 Å². The number of methoxy groups -OCH3 is 1. The van der Waals surface area contributed by atoms with Crippen molar-refractivity contribution in [1.82, 2.24) is 15.1 Å². The average molecular weight is 325 g/mol. The van der Waals surface area contributed by atoms with E-state index in [0.29, 0.717) is 11.5 Å². The number of nitrogens with zero attached hydrogens (tertiary/aromatic N) is 2. The molecule has 24 heavy (non-hydrogen) atoms. The third-order valence-corrected chi connectivity index (χ3v) is 3.84. The molecule has 1 aliphatic rings. The molecule has 0 saturated heterocycles. The molecule has 0 unspecified atom stereocenters. The van der Waals surface area contributed by atoms with Crippen molar-refractivity contribution in [2.75, 3.05) is 13.7 Å². The Bertz CT molecular complexity index is 775. The quantitative estimate of drug-likeness (QED) is 0.653. The number of amides is 1. The molecular formula is C18H19N3O3. The molecule has 1 aliphatic carbocycles. The van der Waals surface area contributed by atoms with E-state index >= 15 is 0 Å². The first kappa shape index (κ1) is 16.0. The Morgan fingerprint density at radius 2 is 2.12 bits per heavy atom. The Labute approximate surface area is 140 Å². The van der Waals surface area contributed by atoms with Crippen molar-refractivity contribution in [2.24, 2.45) is 0 Å². The highest BCUT2D eigenvalue weighted by Gasteiger charge is 2.26. The summed E-state index contributed by atoms with van der Waals surface area (Å²) in [6, 6.07) is 9.32. The lowest BCUT2D eigenvalue weighted by Crippen LogP contribution is -2.25. The molecule has 1 saturated carbocycles. The Kier molecular flexibility index (Phi) is 4.74.